The molecule has 4 amide bonds. The molecule has 3 aliphatic rings. The molecule has 1 aliphatic carbocycles. The maximum atomic E-state index is 13.0. The number of imide groups is 1. The van der Waals surface area contributed by atoms with Gasteiger partial charge in [0.05, 0.1) is 6.04 Å². The Morgan fingerprint density at radius 1 is 1.33 bits per heavy atom. The van der Waals surface area contributed by atoms with Gasteiger partial charge in [-0.05, 0) is 62.0 Å². The number of hydrogen-bond acceptors (Lipinski definition) is 4. The Morgan fingerprint density at radius 2 is 2.07 bits per heavy atom. The first kappa shape index (κ1) is 18.5. The van der Waals surface area contributed by atoms with Gasteiger partial charge in [0.1, 0.15) is 12.1 Å². The highest BCUT2D eigenvalue weighted by Crippen LogP contribution is 2.38. The van der Waals surface area contributed by atoms with Crippen molar-refractivity contribution in [3.05, 3.63) is 21.9 Å². The molecule has 0 aromatic carbocycles. The fourth-order valence-corrected chi connectivity index (χ4v) is 5.78. The third-order valence-corrected chi connectivity index (χ3v) is 7.67. The standard InChI is InChI=1S/C20H27N3O3S/c1-3-14-4-8-20(9-5-14)18(25)23(19(26)21-20)12-17(24)22-10-6-16-15(13(22)2)7-11-27-16/h7,11,13-14H,3-6,8-10,12H2,1-2H3,(H,21,26). The zero-order valence-electron chi connectivity index (χ0n) is 16.0. The van der Waals surface area contributed by atoms with Crippen molar-refractivity contribution in [1.29, 1.82) is 0 Å². The summed E-state index contributed by atoms with van der Waals surface area (Å²) in [7, 11) is 0. The minimum absolute atomic E-state index is 0.0118. The van der Waals surface area contributed by atoms with E-state index in [1.165, 1.54) is 10.4 Å². The zero-order chi connectivity index (χ0) is 19.2. The van der Waals surface area contributed by atoms with Gasteiger partial charge in [0, 0.05) is 11.4 Å². The van der Waals surface area contributed by atoms with Crippen molar-refractivity contribution in [1.82, 2.24) is 15.1 Å². The van der Waals surface area contributed by atoms with Crippen LogP contribution in [0, 0.1) is 5.92 Å². The Kier molecular flexibility index (Phi) is 4.74. The van der Waals surface area contributed by atoms with E-state index in [2.05, 4.69) is 23.7 Å². The molecule has 7 heteroatoms. The van der Waals surface area contributed by atoms with Crippen LogP contribution in [0.3, 0.4) is 0 Å². The number of fused-ring (bicyclic) bond motifs is 1. The monoisotopic (exact) mass is 389 g/mol. The lowest BCUT2D eigenvalue weighted by Gasteiger charge is -2.35. The highest BCUT2D eigenvalue weighted by atomic mass is 32.1. The van der Waals surface area contributed by atoms with Gasteiger partial charge in [0.15, 0.2) is 0 Å². The Bertz CT molecular complexity index is 766. The molecule has 1 saturated heterocycles. The first-order chi connectivity index (χ1) is 12.9. The van der Waals surface area contributed by atoms with Crippen LogP contribution in [0.25, 0.3) is 0 Å². The molecule has 3 heterocycles. The summed E-state index contributed by atoms with van der Waals surface area (Å²) in [6.07, 6.45) is 5.21. The molecule has 1 atom stereocenters. The van der Waals surface area contributed by atoms with Gasteiger partial charge < -0.3 is 10.2 Å². The molecule has 2 aliphatic heterocycles. The quantitative estimate of drug-likeness (QED) is 0.808. The number of nitrogens with zero attached hydrogens (tertiary/aromatic N) is 2. The molecule has 4 rings (SSSR count). The molecule has 1 aromatic rings. The lowest BCUT2D eigenvalue weighted by atomic mass is 9.75. The van der Waals surface area contributed by atoms with Crippen molar-refractivity contribution in [2.75, 3.05) is 13.1 Å². The van der Waals surface area contributed by atoms with Crippen molar-refractivity contribution < 1.29 is 14.4 Å². The molecule has 1 aromatic heterocycles. The third kappa shape index (κ3) is 3.06. The average Bonchev–Trinajstić information content (AvgIpc) is 3.23. The first-order valence-corrected chi connectivity index (χ1v) is 10.8. The number of nitrogens with one attached hydrogen (secondary N) is 1. The number of thiophene rings is 1. The maximum absolute atomic E-state index is 13.0. The molecule has 0 radical (unpaired) electrons. The topological polar surface area (TPSA) is 69.7 Å². The van der Waals surface area contributed by atoms with Gasteiger partial charge >= 0.3 is 6.03 Å². The van der Waals surface area contributed by atoms with Gasteiger partial charge in [-0.25, -0.2) is 4.79 Å². The van der Waals surface area contributed by atoms with Crippen molar-refractivity contribution >= 4 is 29.2 Å². The third-order valence-electron chi connectivity index (χ3n) is 6.67. The minimum atomic E-state index is -0.781. The van der Waals surface area contributed by atoms with Crippen LogP contribution < -0.4 is 5.32 Å². The van der Waals surface area contributed by atoms with Gasteiger partial charge in [-0.2, -0.15) is 0 Å². The molecule has 1 saturated carbocycles. The molecular weight excluding hydrogens is 362 g/mol. The highest BCUT2D eigenvalue weighted by Gasteiger charge is 2.52. The molecule has 1 unspecified atom stereocenters. The summed E-state index contributed by atoms with van der Waals surface area (Å²) in [5, 5.41) is 4.97. The molecule has 2 fully saturated rings. The summed E-state index contributed by atoms with van der Waals surface area (Å²) < 4.78 is 0. The number of amides is 4. The van der Waals surface area contributed by atoms with Crippen LogP contribution in [0.15, 0.2) is 11.4 Å². The highest BCUT2D eigenvalue weighted by molar-refractivity contribution is 7.10. The van der Waals surface area contributed by atoms with Crippen LogP contribution in [0.4, 0.5) is 4.79 Å². The molecule has 1 spiro atoms. The van der Waals surface area contributed by atoms with Crippen LogP contribution >= 0.6 is 11.3 Å². The second-order valence-corrected chi connectivity index (χ2v) is 9.07. The maximum Gasteiger partial charge on any atom is 0.325 e. The van der Waals surface area contributed by atoms with E-state index in [1.807, 2.05) is 6.92 Å². The smallest absolute Gasteiger partial charge is 0.325 e. The largest absolute Gasteiger partial charge is 0.334 e. The van der Waals surface area contributed by atoms with Gasteiger partial charge in [-0.15, -0.1) is 11.3 Å². The number of urea groups is 1. The van der Waals surface area contributed by atoms with E-state index in [9.17, 15) is 14.4 Å². The predicted molar refractivity (Wildman–Crippen MR) is 103 cm³/mol. The Hall–Kier alpha value is -1.89. The van der Waals surface area contributed by atoms with E-state index in [0.717, 1.165) is 30.6 Å². The Labute approximate surface area is 163 Å². The van der Waals surface area contributed by atoms with Gasteiger partial charge in [0.2, 0.25) is 5.91 Å². The summed E-state index contributed by atoms with van der Waals surface area (Å²) in [6.45, 7) is 4.66. The van der Waals surface area contributed by atoms with E-state index in [-0.39, 0.29) is 24.4 Å². The summed E-state index contributed by atoms with van der Waals surface area (Å²) in [5.41, 5.74) is 0.406. The Morgan fingerprint density at radius 3 is 2.78 bits per heavy atom. The van der Waals surface area contributed by atoms with Crippen LogP contribution in [0.1, 0.15) is 62.4 Å². The van der Waals surface area contributed by atoms with Crippen molar-refractivity contribution in [2.45, 2.75) is 64.0 Å². The molecule has 27 heavy (non-hydrogen) atoms. The van der Waals surface area contributed by atoms with Crippen molar-refractivity contribution in [2.24, 2.45) is 5.92 Å². The normalized spacial score (nSPS) is 30.6. The van der Waals surface area contributed by atoms with E-state index >= 15 is 0 Å². The lowest BCUT2D eigenvalue weighted by Crippen LogP contribution is -2.50. The Balaban J connectivity index is 1.44. The first-order valence-electron chi connectivity index (χ1n) is 9.95. The molecule has 6 nitrogen and oxygen atoms in total. The van der Waals surface area contributed by atoms with Gasteiger partial charge in [-0.1, -0.05) is 13.3 Å². The van der Waals surface area contributed by atoms with Gasteiger partial charge in [-0.3, -0.25) is 14.5 Å². The molecule has 0 bridgehead atoms. The van der Waals surface area contributed by atoms with E-state index in [1.54, 1.807) is 16.2 Å². The van der Waals surface area contributed by atoms with Crippen molar-refractivity contribution in [3.8, 4) is 0 Å². The summed E-state index contributed by atoms with van der Waals surface area (Å²) in [6, 6.07) is 1.64. The van der Waals surface area contributed by atoms with Crippen LogP contribution in [0.5, 0.6) is 0 Å². The number of carbonyl (C=O) groups is 3. The SMILES string of the molecule is CCC1CCC2(CC1)NC(=O)N(CC(=O)N1CCc3sccc3C1C)C2=O. The second kappa shape index (κ2) is 6.93. The molecular formula is C20H27N3O3S. The molecule has 146 valence electrons. The fraction of sp³-hybridized carbons (Fsp3) is 0.650. The van der Waals surface area contributed by atoms with E-state index in [4.69, 9.17) is 0 Å². The van der Waals surface area contributed by atoms with Crippen molar-refractivity contribution in [3.63, 3.8) is 0 Å². The number of hydrogen-bond donors (Lipinski definition) is 1. The summed E-state index contributed by atoms with van der Waals surface area (Å²) in [5.74, 6) is 0.267. The average molecular weight is 390 g/mol. The predicted octanol–water partition coefficient (Wildman–Crippen LogP) is 3.08. The van der Waals surface area contributed by atoms with E-state index < -0.39 is 11.6 Å². The van der Waals surface area contributed by atoms with Gasteiger partial charge in [0.25, 0.3) is 5.91 Å². The second-order valence-electron chi connectivity index (χ2n) is 8.07. The number of carbonyl (C=O) groups excluding carboxylic acids is 3. The fourth-order valence-electron chi connectivity index (χ4n) is 4.81. The molecule has 1 N–H and O–H groups in total. The number of rotatable bonds is 3. The van der Waals surface area contributed by atoms with E-state index in [0.29, 0.717) is 25.3 Å². The summed E-state index contributed by atoms with van der Waals surface area (Å²) in [4.78, 5) is 42.7. The zero-order valence-corrected chi connectivity index (χ0v) is 16.8. The summed E-state index contributed by atoms with van der Waals surface area (Å²) >= 11 is 1.73. The van der Waals surface area contributed by atoms with Crippen LogP contribution in [-0.2, 0) is 16.0 Å². The van der Waals surface area contributed by atoms with Crippen LogP contribution in [-0.4, -0.2) is 46.3 Å². The minimum Gasteiger partial charge on any atom is -0.334 e. The lowest BCUT2D eigenvalue weighted by molar-refractivity contribution is -0.141. The van der Waals surface area contributed by atoms with Crippen LogP contribution in [0.2, 0.25) is 0 Å².